The molecule has 0 spiro atoms. The maximum atomic E-state index is 12.1. The quantitative estimate of drug-likeness (QED) is 0.422. The molecule has 0 saturated heterocycles. The van der Waals surface area contributed by atoms with Crippen molar-refractivity contribution < 1.29 is 9.42 Å². The molecular weight excluding hydrogens is 354 g/mol. The number of thioether (sulfide) groups is 1. The summed E-state index contributed by atoms with van der Waals surface area (Å²) in [5.74, 6) is 0.255. The second kappa shape index (κ2) is 6.92. The molecular formula is C16H13N7O2S. The fourth-order valence-electron chi connectivity index (χ4n) is 2.34. The van der Waals surface area contributed by atoms with Gasteiger partial charge >= 0.3 is 0 Å². The van der Waals surface area contributed by atoms with E-state index in [1.807, 2.05) is 30.3 Å². The van der Waals surface area contributed by atoms with Gasteiger partial charge < -0.3 is 5.32 Å². The van der Waals surface area contributed by atoms with Gasteiger partial charge in [-0.1, -0.05) is 35.1 Å². The van der Waals surface area contributed by atoms with Gasteiger partial charge in [0.2, 0.25) is 5.91 Å². The molecule has 0 aliphatic rings. The lowest BCUT2D eigenvalue weighted by Gasteiger charge is -2.04. The van der Waals surface area contributed by atoms with E-state index in [2.05, 4.69) is 35.3 Å². The third-order valence-electron chi connectivity index (χ3n) is 3.58. The van der Waals surface area contributed by atoms with E-state index in [-0.39, 0.29) is 11.7 Å². The molecule has 0 aliphatic carbocycles. The van der Waals surface area contributed by atoms with Crippen molar-refractivity contribution in [3.8, 4) is 5.69 Å². The zero-order valence-corrected chi connectivity index (χ0v) is 14.5. The van der Waals surface area contributed by atoms with Gasteiger partial charge in [0.05, 0.1) is 23.0 Å². The highest BCUT2D eigenvalue weighted by Crippen LogP contribution is 2.25. The van der Waals surface area contributed by atoms with Gasteiger partial charge in [0.15, 0.2) is 11.5 Å². The fraction of sp³-hybridized carbons (Fsp3) is 0.125. The third kappa shape index (κ3) is 3.14. The van der Waals surface area contributed by atoms with Gasteiger partial charge in [0, 0.05) is 0 Å². The first-order valence-electron chi connectivity index (χ1n) is 7.68. The van der Waals surface area contributed by atoms with Crippen molar-refractivity contribution in [2.75, 3.05) is 11.1 Å². The minimum Gasteiger partial charge on any atom is -0.306 e. The zero-order valence-electron chi connectivity index (χ0n) is 13.7. The molecule has 4 aromatic rings. The van der Waals surface area contributed by atoms with Crippen LogP contribution in [-0.2, 0) is 4.79 Å². The number of aromatic nitrogens is 6. The average molecular weight is 367 g/mol. The minimum absolute atomic E-state index is 0.162. The molecule has 26 heavy (non-hydrogen) atoms. The van der Waals surface area contributed by atoms with Crippen LogP contribution in [0.1, 0.15) is 5.69 Å². The van der Waals surface area contributed by atoms with Crippen molar-refractivity contribution in [1.82, 2.24) is 30.1 Å². The van der Waals surface area contributed by atoms with Crippen molar-refractivity contribution in [3.05, 3.63) is 48.5 Å². The van der Waals surface area contributed by atoms with Crippen molar-refractivity contribution in [2.24, 2.45) is 0 Å². The second-order valence-electron chi connectivity index (χ2n) is 5.34. The van der Waals surface area contributed by atoms with Gasteiger partial charge in [-0.2, -0.15) is 5.10 Å². The topological polar surface area (TPSA) is 112 Å². The summed E-state index contributed by atoms with van der Waals surface area (Å²) >= 11 is 1.30. The van der Waals surface area contributed by atoms with Crippen LogP contribution in [0.5, 0.6) is 0 Å². The summed E-state index contributed by atoms with van der Waals surface area (Å²) in [5.41, 5.74) is 2.12. The number of anilines is 1. The van der Waals surface area contributed by atoms with Gasteiger partial charge in [-0.15, -0.1) is 0 Å². The highest BCUT2D eigenvalue weighted by molar-refractivity contribution is 8.00. The van der Waals surface area contributed by atoms with E-state index >= 15 is 0 Å². The van der Waals surface area contributed by atoms with Crippen LogP contribution in [0.25, 0.3) is 16.7 Å². The van der Waals surface area contributed by atoms with E-state index in [0.29, 0.717) is 22.2 Å². The van der Waals surface area contributed by atoms with E-state index in [0.717, 1.165) is 11.1 Å². The largest absolute Gasteiger partial charge is 0.306 e. The summed E-state index contributed by atoms with van der Waals surface area (Å²) in [5, 5.41) is 15.8. The molecule has 3 heterocycles. The number of fused-ring (bicyclic) bond motifs is 1. The Kier molecular flexibility index (Phi) is 4.32. The number of nitrogens with zero attached hydrogens (tertiary/aromatic N) is 6. The lowest BCUT2D eigenvalue weighted by molar-refractivity contribution is -0.113. The third-order valence-corrected chi connectivity index (χ3v) is 4.59. The number of rotatable bonds is 5. The van der Waals surface area contributed by atoms with Crippen molar-refractivity contribution >= 4 is 34.5 Å². The molecule has 0 atom stereocenters. The summed E-state index contributed by atoms with van der Waals surface area (Å²) < 4.78 is 6.30. The van der Waals surface area contributed by atoms with Crippen molar-refractivity contribution in [1.29, 1.82) is 0 Å². The van der Waals surface area contributed by atoms with Crippen LogP contribution in [0.4, 0.5) is 5.82 Å². The Morgan fingerprint density at radius 2 is 2.08 bits per heavy atom. The molecule has 0 aliphatic heterocycles. The molecule has 10 heteroatoms. The van der Waals surface area contributed by atoms with Gasteiger partial charge in [-0.3, -0.25) is 4.79 Å². The Morgan fingerprint density at radius 1 is 1.23 bits per heavy atom. The highest BCUT2D eigenvalue weighted by Gasteiger charge is 2.14. The standard InChI is InChI=1S/C16H13N7O2S/c1-10-14(22-25-21-10)20-13(24)8-26-16-12-7-19-23(15(12)17-9-18-16)11-5-3-2-4-6-11/h2-7,9H,8H2,1H3,(H,20,22,24). The maximum absolute atomic E-state index is 12.1. The minimum atomic E-state index is -0.226. The van der Waals surface area contributed by atoms with Crippen molar-refractivity contribution in [3.63, 3.8) is 0 Å². The maximum Gasteiger partial charge on any atom is 0.236 e. The number of nitrogens with one attached hydrogen (secondary N) is 1. The molecule has 0 unspecified atom stereocenters. The van der Waals surface area contributed by atoms with Crippen LogP contribution in [0.3, 0.4) is 0 Å². The number of aryl methyl sites for hydroxylation is 1. The SMILES string of the molecule is Cc1nonc1NC(=O)CSc1ncnc2c1cnn2-c1ccccc1. The van der Waals surface area contributed by atoms with Crippen LogP contribution in [0, 0.1) is 6.92 Å². The first kappa shape index (κ1) is 16.2. The summed E-state index contributed by atoms with van der Waals surface area (Å²) in [6.07, 6.45) is 3.17. The van der Waals surface area contributed by atoms with Gasteiger partial charge in [0.25, 0.3) is 0 Å². The Bertz CT molecular complexity index is 1060. The highest BCUT2D eigenvalue weighted by atomic mass is 32.2. The Balaban J connectivity index is 1.53. The zero-order chi connectivity index (χ0) is 17.9. The molecule has 9 nitrogen and oxygen atoms in total. The summed E-state index contributed by atoms with van der Waals surface area (Å²) in [4.78, 5) is 20.7. The number of carbonyl (C=O) groups is 1. The second-order valence-corrected chi connectivity index (χ2v) is 6.31. The first-order chi connectivity index (χ1) is 12.7. The predicted molar refractivity (Wildman–Crippen MR) is 95.0 cm³/mol. The number of benzene rings is 1. The molecule has 0 radical (unpaired) electrons. The first-order valence-corrected chi connectivity index (χ1v) is 8.67. The van der Waals surface area contributed by atoms with Gasteiger partial charge in [0.1, 0.15) is 17.0 Å². The molecule has 0 saturated carbocycles. The molecule has 1 amide bonds. The molecule has 0 fully saturated rings. The lowest BCUT2D eigenvalue weighted by Crippen LogP contribution is -2.15. The lowest BCUT2D eigenvalue weighted by atomic mass is 10.3. The monoisotopic (exact) mass is 367 g/mol. The number of amides is 1. The van der Waals surface area contributed by atoms with Crippen LogP contribution in [-0.4, -0.2) is 41.7 Å². The summed E-state index contributed by atoms with van der Waals surface area (Å²) in [6, 6.07) is 9.71. The Hall–Kier alpha value is -3.27. The molecule has 4 rings (SSSR count). The van der Waals surface area contributed by atoms with E-state index in [1.54, 1.807) is 17.8 Å². The van der Waals surface area contributed by atoms with Crippen LogP contribution < -0.4 is 5.32 Å². The molecule has 0 bridgehead atoms. The number of carbonyl (C=O) groups excluding carboxylic acids is 1. The number of hydrogen-bond donors (Lipinski definition) is 1. The van der Waals surface area contributed by atoms with E-state index in [4.69, 9.17) is 0 Å². The van der Waals surface area contributed by atoms with Crippen LogP contribution in [0.15, 0.2) is 52.5 Å². The van der Waals surface area contributed by atoms with E-state index < -0.39 is 0 Å². The molecule has 1 aromatic carbocycles. The van der Waals surface area contributed by atoms with E-state index in [9.17, 15) is 4.79 Å². The van der Waals surface area contributed by atoms with Gasteiger partial charge in [-0.25, -0.2) is 19.3 Å². The summed E-state index contributed by atoms with van der Waals surface area (Å²) in [6.45, 7) is 1.70. The average Bonchev–Trinajstić information content (AvgIpc) is 3.27. The van der Waals surface area contributed by atoms with Gasteiger partial charge in [-0.05, 0) is 24.2 Å². The molecule has 130 valence electrons. The Morgan fingerprint density at radius 3 is 2.85 bits per heavy atom. The van der Waals surface area contributed by atoms with E-state index in [1.165, 1.54) is 18.1 Å². The van der Waals surface area contributed by atoms with Crippen LogP contribution >= 0.6 is 11.8 Å². The van der Waals surface area contributed by atoms with Crippen LogP contribution in [0.2, 0.25) is 0 Å². The number of para-hydroxylation sites is 1. The smallest absolute Gasteiger partial charge is 0.236 e. The normalized spacial score (nSPS) is 11.0. The van der Waals surface area contributed by atoms with Crippen molar-refractivity contribution in [2.45, 2.75) is 11.9 Å². The fourth-order valence-corrected chi connectivity index (χ4v) is 3.10. The molecule has 3 aromatic heterocycles. The number of hydrogen-bond acceptors (Lipinski definition) is 8. The molecule has 1 N–H and O–H groups in total. The summed E-state index contributed by atoms with van der Waals surface area (Å²) in [7, 11) is 0. The predicted octanol–water partition coefficient (Wildman–Crippen LogP) is 2.24. The Labute approximate surface area is 151 Å².